The highest BCUT2D eigenvalue weighted by Crippen LogP contribution is 2.38. The number of fused-ring (bicyclic) bond motifs is 3. The second-order valence-corrected chi connectivity index (χ2v) is 13.2. The van der Waals surface area contributed by atoms with Crippen molar-refractivity contribution in [1.29, 1.82) is 0 Å². The van der Waals surface area contributed by atoms with Crippen LogP contribution in [0.15, 0.2) is 94.8 Å². The van der Waals surface area contributed by atoms with E-state index in [1.54, 1.807) is 43.4 Å². The van der Waals surface area contributed by atoms with Gasteiger partial charge in [0.15, 0.2) is 0 Å². The van der Waals surface area contributed by atoms with Crippen molar-refractivity contribution in [3.05, 3.63) is 102 Å². The summed E-state index contributed by atoms with van der Waals surface area (Å²) in [5.74, 6) is -0.631. The number of nitrogens with zero attached hydrogens (tertiary/aromatic N) is 3. The maximum Gasteiger partial charge on any atom is 0.254 e. The first kappa shape index (κ1) is 28.1. The SMILES string of the molecule is CCCCN(C)S(=O)(=O)c1ccc2c(c1)C(C(=Nc1ccc(C(=O)N3CC4C=CC3C4)cc1)c1ccccc1)C(=O)N2. The molecule has 3 atom stereocenters. The molecule has 3 aromatic carbocycles. The number of carbonyl (C=O) groups is 2. The van der Waals surface area contributed by atoms with Gasteiger partial charge in [-0.25, -0.2) is 12.7 Å². The van der Waals surface area contributed by atoms with E-state index in [0.717, 1.165) is 31.4 Å². The van der Waals surface area contributed by atoms with Crippen LogP contribution in [0.25, 0.3) is 0 Å². The van der Waals surface area contributed by atoms with Crippen molar-refractivity contribution < 1.29 is 18.0 Å². The molecule has 9 heteroatoms. The molecule has 2 bridgehead atoms. The maximum absolute atomic E-state index is 13.4. The Balaban J connectivity index is 1.35. The monoisotopic (exact) mass is 582 g/mol. The highest BCUT2D eigenvalue weighted by molar-refractivity contribution is 7.89. The van der Waals surface area contributed by atoms with Gasteiger partial charge in [-0.15, -0.1) is 0 Å². The summed E-state index contributed by atoms with van der Waals surface area (Å²) in [4.78, 5) is 33.6. The molecule has 2 amide bonds. The number of unbranched alkanes of at least 4 members (excludes halogenated alkanes) is 1. The van der Waals surface area contributed by atoms with Crippen LogP contribution in [0.3, 0.4) is 0 Å². The van der Waals surface area contributed by atoms with Crippen molar-refractivity contribution in [2.75, 3.05) is 25.5 Å². The topological polar surface area (TPSA) is 99.2 Å². The Morgan fingerprint density at radius 1 is 1.02 bits per heavy atom. The number of hydrogen-bond acceptors (Lipinski definition) is 5. The van der Waals surface area contributed by atoms with Crippen LogP contribution in [-0.2, 0) is 14.8 Å². The Morgan fingerprint density at radius 2 is 1.79 bits per heavy atom. The third-order valence-corrected chi connectivity index (χ3v) is 10.2. The summed E-state index contributed by atoms with van der Waals surface area (Å²) in [5, 5.41) is 2.91. The standard InChI is InChI=1S/C33H34N4O4S/c1-3-4-18-36(2)42(40,41)27-16-17-29-28(20-27)30(32(38)35-29)31(23-8-6-5-7-9-23)34-25-13-11-24(12-14-25)33(39)37-21-22-10-15-26(37)19-22/h5-17,20,22,26,30H,3-4,18-19,21H2,1-2H3,(H,35,38). The molecule has 3 unspecified atom stereocenters. The van der Waals surface area contributed by atoms with Crippen LogP contribution in [0.5, 0.6) is 0 Å². The Labute approximate surface area is 246 Å². The number of amides is 2. The average molecular weight is 583 g/mol. The highest BCUT2D eigenvalue weighted by Gasteiger charge is 2.38. The summed E-state index contributed by atoms with van der Waals surface area (Å²) >= 11 is 0. The van der Waals surface area contributed by atoms with E-state index in [4.69, 9.17) is 4.99 Å². The molecule has 0 aromatic heterocycles. The van der Waals surface area contributed by atoms with Crippen LogP contribution >= 0.6 is 0 Å². The molecule has 2 heterocycles. The Morgan fingerprint density at radius 3 is 2.45 bits per heavy atom. The number of rotatable bonds is 9. The fourth-order valence-corrected chi connectivity index (χ4v) is 7.23. The number of hydrogen-bond donors (Lipinski definition) is 1. The van der Waals surface area contributed by atoms with Crippen molar-refractivity contribution in [2.24, 2.45) is 10.9 Å². The highest BCUT2D eigenvalue weighted by atomic mass is 32.2. The molecule has 2 aliphatic heterocycles. The van der Waals surface area contributed by atoms with Crippen molar-refractivity contribution in [3.63, 3.8) is 0 Å². The van der Waals surface area contributed by atoms with Gasteiger partial charge in [-0.1, -0.05) is 55.8 Å². The fraction of sp³-hybridized carbons (Fsp3) is 0.303. The zero-order valence-corrected chi connectivity index (χ0v) is 24.5. The maximum atomic E-state index is 13.4. The van der Waals surface area contributed by atoms with E-state index < -0.39 is 15.9 Å². The molecule has 42 heavy (non-hydrogen) atoms. The molecule has 1 aliphatic carbocycles. The van der Waals surface area contributed by atoms with Gasteiger partial charge in [0.2, 0.25) is 15.9 Å². The molecule has 6 rings (SSSR count). The van der Waals surface area contributed by atoms with Gasteiger partial charge in [0.05, 0.1) is 22.3 Å². The van der Waals surface area contributed by atoms with Crippen molar-refractivity contribution in [2.45, 2.75) is 43.0 Å². The minimum atomic E-state index is -3.73. The molecule has 0 radical (unpaired) electrons. The van der Waals surface area contributed by atoms with Crippen molar-refractivity contribution >= 4 is 38.9 Å². The predicted molar refractivity (Wildman–Crippen MR) is 164 cm³/mol. The van der Waals surface area contributed by atoms with Crippen LogP contribution in [0.1, 0.15) is 53.6 Å². The summed E-state index contributed by atoms with van der Waals surface area (Å²) in [6.45, 7) is 3.18. The van der Waals surface area contributed by atoms with Crippen LogP contribution in [0, 0.1) is 5.92 Å². The first-order chi connectivity index (χ1) is 20.3. The number of carbonyl (C=O) groups excluding carboxylic acids is 2. The van der Waals surface area contributed by atoms with Gasteiger partial charge in [0.1, 0.15) is 5.92 Å². The molecule has 1 fully saturated rings. The Hall–Kier alpha value is -4.08. The third kappa shape index (κ3) is 5.18. The van der Waals surface area contributed by atoms with Gasteiger partial charge in [0.25, 0.3) is 5.91 Å². The summed E-state index contributed by atoms with van der Waals surface area (Å²) in [6.07, 6.45) is 6.94. The number of aliphatic imine (C=N–C) groups is 1. The van der Waals surface area contributed by atoms with Gasteiger partial charge < -0.3 is 10.2 Å². The Kier molecular flexibility index (Phi) is 7.55. The van der Waals surface area contributed by atoms with Crippen LogP contribution < -0.4 is 5.32 Å². The molecule has 3 aliphatic rings. The zero-order chi connectivity index (χ0) is 29.4. The van der Waals surface area contributed by atoms with Gasteiger partial charge in [-0.05, 0) is 72.4 Å². The van der Waals surface area contributed by atoms with Crippen LogP contribution in [0.2, 0.25) is 0 Å². The second-order valence-electron chi connectivity index (χ2n) is 11.2. The van der Waals surface area contributed by atoms with Crippen LogP contribution in [-0.4, -0.2) is 61.3 Å². The smallest absolute Gasteiger partial charge is 0.254 e. The number of anilines is 1. The number of likely N-dealkylation sites (tertiary alicyclic amines) is 1. The first-order valence-electron chi connectivity index (χ1n) is 14.4. The summed E-state index contributed by atoms with van der Waals surface area (Å²) < 4.78 is 28.0. The number of nitrogens with one attached hydrogen (secondary N) is 1. The molecular weight excluding hydrogens is 548 g/mol. The minimum Gasteiger partial charge on any atom is -0.332 e. The lowest BCUT2D eigenvalue weighted by Crippen LogP contribution is -2.35. The average Bonchev–Trinajstić information content (AvgIpc) is 3.73. The van der Waals surface area contributed by atoms with Gasteiger partial charge in [0, 0.05) is 31.4 Å². The summed E-state index contributed by atoms with van der Waals surface area (Å²) in [7, 11) is -2.15. The van der Waals surface area contributed by atoms with E-state index in [1.165, 1.54) is 10.4 Å². The summed E-state index contributed by atoms with van der Waals surface area (Å²) in [6, 6.07) is 21.5. The van der Waals surface area contributed by atoms with E-state index in [0.29, 0.717) is 40.7 Å². The van der Waals surface area contributed by atoms with E-state index >= 15 is 0 Å². The molecule has 0 saturated carbocycles. The molecular formula is C33H34N4O4S. The number of sulfonamides is 1. The molecule has 216 valence electrons. The second kappa shape index (κ2) is 11.3. The van der Waals surface area contributed by atoms with Gasteiger partial charge >= 0.3 is 0 Å². The predicted octanol–water partition coefficient (Wildman–Crippen LogP) is 5.36. The van der Waals surface area contributed by atoms with Crippen molar-refractivity contribution in [1.82, 2.24) is 9.21 Å². The minimum absolute atomic E-state index is 0.00686. The van der Waals surface area contributed by atoms with Gasteiger partial charge in [-0.2, -0.15) is 0 Å². The third-order valence-electron chi connectivity index (χ3n) is 8.34. The van der Waals surface area contributed by atoms with E-state index in [2.05, 4.69) is 17.5 Å². The molecule has 8 nitrogen and oxygen atoms in total. The normalized spacial score (nSPS) is 21.2. The van der Waals surface area contributed by atoms with Crippen LogP contribution in [0.4, 0.5) is 11.4 Å². The first-order valence-corrected chi connectivity index (χ1v) is 15.8. The zero-order valence-electron chi connectivity index (χ0n) is 23.7. The molecule has 1 N–H and O–H groups in total. The Bertz CT molecular complexity index is 1680. The van der Waals surface area contributed by atoms with Gasteiger partial charge in [-0.3, -0.25) is 14.6 Å². The molecule has 1 saturated heterocycles. The molecule has 0 spiro atoms. The largest absolute Gasteiger partial charge is 0.332 e. The number of benzene rings is 3. The summed E-state index contributed by atoms with van der Waals surface area (Å²) in [5.41, 5.74) is 3.58. The quantitative estimate of drug-likeness (QED) is 0.271. The van der Waals surface area contributed by atoms with Crippen molar-refractivity contribution in [3.8, 4) is 0 Å². The van der Waals surface area contributed by atoms with E-state index in [9.17, 15) is 18.0 Å². The fourth-order valence-electron chi connectivity index (χ4n) is 5.98. The lowest BCUT2D eigenvalue weighted by Gasteiger charge is -2.24. The lowest BCUT2D eigenvalue weighted by atomic mass is 9.90. The molecule has 3 aromatic rings. The van der Waals surface area contributed by atoms with E-state index in [1.807, 2.05) is 42.2 Å². The van der Waals surface area contributed by atoms with E-state index in [-0.39, 0.29) is 22.8 Å². The lowest BCUT2D eigenvalue weighted by molar-refractivity contribution is -0.115.